The van der Waals surface area contributed by atoms with E-state index in [0.717, 1.165) is 36.7 Å². The molecule has 3 fully saturated rings. The first-order valence-electron chi connectivity index (χ1n) is 13.0. The third kappa shape index (κ3) is 3.54. The normalized spacial score (nSPS) is 44.7. The highest BCUT2D eigenvalue weighted by Crippen LogP contribution is 2.65. The lowest BCUT2D eigenvalue weighted by molar-refractivity contribution is -0.115. The highest BCUT2D eigenvalue weighted by atomic mass is 16.3. The van der Waals surface area contributed by atoms with Crippen molar-refractivity contribution in [3.05, 3.63) is 11.1 Å². The second-order valence-electron chi connectivity index (χ2n) is 12.7. The van der Waals surface area contributed by atoms with Gasteiger partial charge >= 0.3 is 0 Å². The summed E-state index contributed by atoms with van der Waals surface area (Å²) in [5.74, 6) is 4.02. The van der Waals surface area contributed by atoms with Crippen molar-refractivity contribution in [3.8, 4) is 0 Å². The van der Waals surface area contributed by atoms with E-state index in [9.17, 15) is 9.90 Å². The van der Waals surface area contributed by atoms with Crippen molar-refractivity contribution in [1.29, 1.82) is 0 Å². The zero-order valence-corrected chi connectivity index (χ0v) is 20.5. The minimum atomic E-state index is -0.382. The average Bonchev–Trinajstić information content (AvgIpc) is 2.94. The maximum Gasteiger partial charge on any atom is 0.159 e. The predicted molar refractivity (Wildman–Crippen MR) is 124 cm³/mol. The molecule has 30 heavy (non-hydrogen) atoms. The molecule has 4 rings (SSSR count). The van der Waals surface area contributed by atoms with Gasteiger partial charge in [-0.1, -0.05) is 67.2 Å². The summed E-state index contributed by atoms with van der Waals surface area (Å²) in [6.45, 7) is 14.3. The Morgan fingerprint density at radius 3 is 2.50 bits per heavy atom. The second kappa shape index (κ2) is 8.05. The molecule has 0 amide bonds. The van der Waals surface area contributed by atoms with E-state index < -0.39 is 0 Å². The van der Waals surface area contributed by atoms with Crippen LogP contribution in [0.2, 0.25) is 0 Å². The number of aliphatic hydroxyl groups is 1. The Hall–Kier alpha value is -0.630. The zero-order valence-electron chi connectivity index (χ0n) is 20.5. The van der Waals surface area contributed by atoms with Gasteiger partial charge in [0.25, 0.3) is 0 Å². The summed E-state index contributed by atoms with van der Waals surface area (Å²) in [6, 6.07) is 0. The van der Waals surface area contributed by atoms with Crippen LogP contribution in [0.1, 0.15) is 106 Å². The van der Waals surface area contributed by atoms with Gasteiger partial charge in [-0.05, 0) is 84.0 Å². The Morgan fingerprint density at radius 2 is 1.80 bits per heavy atom. The van der Waals surface area contributed by atoms with Gasteiger partial charge in [0.1, 0.15) is 0 Å². The molecule has 4 aliphatic rings. The van der Waals surface area contributed by atoms with Crippen LogP contribution < -0.4 is 0 Å². The number of hydrogen-bond acceptors (Lipinski definition) is 2. The maximum absolute atomic E-state index is 13.5. The molecule has 6 unspecified atom stereocenters. The van der Waals surface area contributed by atoms with Crippen molar-refractivity contribution < 1.29 is 9.90 Å². The molecule has 0 aliphatic heterocycles. The number of hydrogen-bond donors (Lipinski definition) is 1. The number of allylic oxidation sites excluding steroid dienone is 1. The molecule has 4 aliphatic carbocycles. The fourth-order valence-electron chi connectivity index (χ4n) is 8.42. The van der Waals surface area contributed by atoms with Crippen LogP contribution in [0.4, 0.5) is 0 Å². The van der Waals surface area contributed by atoms with Gasteiger partial charge in [0.05, 0.1) is 6.10 Å². The lowest BCUT2D eigenvalue weighted by Gasteiger charge is -2.57. The molecule has 3 saturated carbocycles. The molecule has 1 N–H and O–H groups in total. The van der Waals surface area contributed by atoms with Crippen LogP contribution in [0.15, 0.2) is 11.1 Å². The fourth-order valence-corrected chi connectivity index (χ4v) is 8.42. The average molecular weight is 415 g/mol. The van der Waals surface area contributed by atoms with E-state index in [1.807, 2.05) is 0 Å². The molecule has 0 aromatic carbocycles. The molecule has 0 radical (unpaired) electrons. The van der Waals surface area contributed by atoms with E-state index in [1.54, 1.807) is 0 Å². The third-order valence-corrected chi connectivity index (χ3v) is 10.3. The molecule has 0 aromatic rings. The molecule has 0 bridgehead atoms. The fraction of sp³-hybridized carbons (Fsp3) is 0.893. The summed E-state index contributed by atoms with van der Waals surface area (Å²) in [7, 11) is 0. The molecule has 2 nitrogen and oxygen atoms in total. The van der Waals surface area contributed by atoms with E-state index in [-0.39, 0.29) is 16.9 Å². The largest absolute Gasteiger partial charge is 0.389 e. The summed E-state index contributed by atoms with van der Waals surface area (Å²) in [5, 5.41) is 11.3. The van der Waals surface area contributed by atoms with Crippen LogP contribution in [-0.4, -0.2) is 17.0 Å². The van der Waals surface area contributed by atoms with Crippen LogP contribution >= 0.6 is 0 Å². The number of fused-ring (bicyclic) bond motifs is 4. The Kier molecular flexibility index (Phi) is 6.06. The lowest BCUT2D eigenvalue weighted by atomic mass is 9.47. The highest BCUT2D eigenvalue weighted by molar-refractivity contribution is 6.00. The maximum atomic E-state index is 13.5. The van der Waals surface area contributed by atoms with E-state index in [0.29, 0.717) is 29.5 Å². The van der Waals surface area contributed by atoms with Crippen LogP contribution in [-0.2, 0) is 4.79 Å². The van der Waals surface area contributed by atoms with Crippen LogP contribution in [0.25, 0.3) is 0 Å². The zero-order chi connectivity index (χ0) is 21.8. The Morgan fingerprint density at radius 1 is 1.07 bits per heavy atom. The van der Waals surface area contributed by atoms with E-state index in [2.05, 4.69) is 41.5 Å². The summed E-state index contributed by atoms with van der Waals surface area (Å²) in [6.07, 6.45) is 11.2. The topological polar surface area (TPSA) is 37.3 Å². The molecule has 0 aromatic heterocycles. The minimum Gasteiger partial charge on any atom is -0.389 e. The van der Waals surface area contributed by atoms with Crippen molar-refractivity contribution in [2.75, 3.05) is 0 Å². The first-order chi connectivity index (χ1) is 14.1. The summed E-state index contributed by atoms with van der Waals surface area (Å²) in [4.78, 5) is 13.5. The van der Waals surface area contributed by atoms with E-state index in [4.69, 9.17) is 0 Å². The molecule has 0 spiro atoms. The van der Waals surface area contributed by atoms with Gasteiger partial charge in [-0.25, -0.2) is 0 Å². The summed E-state index contributed by atoms with van der Waals surface area (Å²) in [5.41, 5.74) is 2.59. The highest BCUT2D eigenvalue weighted by Gasteiger charge is 2.59. The van der Waals surface area contributed by atoms with Crippen LogP contribution in [0, 0.1) is 46.3 Å². The Bertz CT molecular complexity index is 705. The van der Waals surface area contributed by atoms with Crippen molar-refractivity contribution in [2.45, 2.75) is 112 Å². The lowest BCUT2D eigenvalue weighted by Crippen LogP contribution is -2.51. The first kappa shape index (κ1) is 22.6. The second-order valence-corrected chi connectivity index (χ2v) is 12.7. The number of Topliss-reactive ketones (excluding diaryl/α,β-unsaturated/α-hetero) is 1. The minimum absolute atomic E-state index is 0.00764. The van der Waals surface area contributed by atoms with E-state index >= 15 is 0 Å². The summed E-state index contributed by atoms with van der Waals surface area (Å²) >= 11 is 0. The van der Waals surface area contributed by atoms with Gasteiger partial charge in [-0.2, -0.15) is 0 Å². The number of carbonyl (C=O) groups excluding carboxylic acids is 1. The number of ketones is 1. The third-order valence-electron chi connectivity index (χ3n) is 10.3. The molecule has 8 atom stereocenters. The van der Waals surface area contributed by atoms with Crippen molar-refractivity contribution in [1.82, 2.24) is 0 Å². The van der Waals surface area contributed by atoms with Gasteiger partial charge in [-0.3, -0.25) is 4.79 Å². The van der Waals surface area contributed by atoms with Gasteiger partial charge in [0, 0.05) is 12.0 Å². The van der Waals surface area contributed by atoms with Gasteiger partial charge < -0.3 is 5.11 Å². The Balaban J connectivity index is 1.64. The monoisotopic (exact) mass is 414 g/mol. The van der Waals surface area contributed by atoms with Crippen LogP contribution in [0.5, 0.6) is 0 Å². The van der Waals surface area contributed by atoms with Gasteiger partial charge in [0.2, 0.25) is 0 Å². The molecule has 0 heterocycles. The predicted octanol–water partition coefficient (Wildman–Crippen LogP) is 6.96. The molecular weight excluding hydrogens is 368 g/mol. The van der Waals surface area contributed by atoms with Crippen molar-refractivity contribution >= 4 is 5.78 Å². The SMILES string of the molecule is CC(C)CCC[C@@H](C)C1CC(=O)C2=C3C(CCC21C)C1(C)CCC(C)CC1C[C@H]3O. The van der Waals surface area contributed by atoms with Gasteiger partial charge in [-0.15, -0.1) is 0 Å². The number of rotatable bonds is 5. The van der Waals surface area contributed by atoms with Crippen molar-refractivity contribution in [2.24, 2.45) is 46.3 Å². The quantitative estimate of drug-likeness (QED) is 0.528. The summed E-state index contributed by atoms with van der Waals surface area (Å²) < 4.78 is 0. The van der Waals surface area contributed by atoms with Gasteiger partial charge in [0.15, 0.2) is 5.78 Å². The number of carbonyl (C=O) groups is 1. The van der Waals surface area contributed by atoms with E-state index in [1.165, 1.54) is 50.5 Å². The smallest absolute Gasteiger partial charge is 0.159 e. The molecule has 0 saturated heterocycles. The molecule has 2 heteroatoms. The molecular formula is C28H46O2. The first-order valence-corrected chi connectivity index (χ1v) is 13.0. The van der Waals surface area contributed by atoms with Crippen LogP contribution in [0.3, 0.4) is 0 Å². The standard InChI is InChI=1S/C28H46O2/c1-17(2)8-7-9-19(4)22-16-24(30)26-25-21(11-13-28(22,26)6)27(5)12-10-18(3)14-20(27)15-23(25)29/h17-23,29H,7-16H2,1-6H3/t18?,19-,20?,21?,22?,23-,27?,28?/m1/s1. The molecule has 170 valence electrons. The Labute approximate surface area is 185 Å². The van der Waals surface area contributed by atoms with Crippen molar-refractivity contribution in [3.63, 3.8) is 0 Å². The number of aliphatic hydroxyl groups excluding tert-OH is 1.